The highest BCUT2D eigenvalue weighted by molar-refractivity contribution is 5.34. The zero-order valence-corrected chi connectivity index (χ0v) is 11.3. The van der Waals surface area contributed by atoms with Gasteiger partial charge in [-0.25, -0.2) is 0 Å². The van der Waals surface area contributed by atoms with E-state index in [4.69, 9.17) is 0 Å². The minimum atomic E-state index is 0.116. The van der Waals surface area contributed by atoms with E-state index in [0.717, 1.165) is 31.0 Å². The molecule has 2 aromatic rings. The van der Waals surface area contributed by atoms with Crippen LogP contribution in [0.4, 0.5) is 0 Å². The van der Waals surface area contributed by atoms with E-state index in [0.29, 0.717) is 0 Å². The summed E-state index contributed by atoms with van der Waals surface area (Å²) < 4.78 is 2.14. The van der Waals surface area contributed by atoms with Gasteiger partial charge in [0.25, 0.3) is 0 Å². The highest BCUT2D eigenvalue weighted by Gasteiger charge is 2.36. The number of hydrogen-bond donors (Lipinski definition) is 1. The lowest BCUT2D eigenvalue weighted by Crippen LogP contribution is -2.44. The van der Waals surface area contributed by atoms with Crippen molar-refractivity contribution in [1.29, 1.82) is 0 Å². The third kappa shape index (κ3) is 2.16. The number of nitrogens with zero attached hydrogens (tertiary/aromatic N) is 3. The van der Waals surface area contributed by atoms with E-state index in [1.165, 1.54) is 12.8 Å². The fourth-order valence-corrected chi connectivity index (χ4v) is 2.99. The second-order valence-electron chi connectivity index (χ2n) is 5.27. The fourth-order valence-electron chi connectivity index (χ4n) is 2.99. The Hall–Kier alpha value is -1.68. The number of benzene rings is 1. The Balaban J connectivity index is 2.04. The van der Waals surface area contributed by atoms with Gasteiger partial charge in [-0.1, -0.05) is 25.1 Å². The summed E-state index contributed by atoms with van der Waals surface area (Å²) in [6, 6.07) is 10.3. The lowest BCUT2D eigenvalue weighted by molar-refractivity contribution is 0.284. The molecule has 4 nitrogen and oxygen atoms in total. The maximum atomic E-state index is 4.43. The van der Waals surface area contributed by atoms with Gasteiger partial charge in [-0.3, -0.25) is 4.57 Å². The summed E-state index contributed by atoms with van der Waals surface area (Å²) in [5.41, 5.74) is 1.26. The smallest absolute Gasteiger partial charge is 0.144 e. The van der Waals surface area contributed by atoms with Crippen molar-refractivity contribution in [3.63, 3.8) is 0 Å². The highest BCUT2D eigenvalue weighted by Crippen LogP contribution is 2.34. The topological polar surface area (TPSA) is 42.7 Å². The number of para-hydroxylation sites is 1. The predicted octanol–water partition coefficient (Wildman–Crippen LogP) is 2.30. The highest BCUT2D eigenvalue weighted by atomic mass is 15.3. The van der Waals surface area contributed by atoms with E-state index in [2.05, 4.69) is 51.3 Å². The van der Waals surface area contributed by atoms with Crippen LogP contribution in [0.3, 0.4) is 0 Å². The molecule has 1 aromatic heterocycles. The number of nitrogens with one attached hydrogen (secondary N) is 1. The van der Waals surface area contributed by atoms with Crippen LogP contribution in [0.1, 0.15) is 32.0 Å². The molecule has 1 unspecified atom stereocenters. The lowest BCUT2D eigenvalue weighted by Gasteiger charge is -2.36. The molecule has 0 amide bonds. The van der Waals surface area contributed by atoms with Crippen molar-refractivity contribution in [2.45, 2.75) is 31.6 Å². The quantitative estimate of drug-likeness (QED) is 0.916. The largest absolute Gasteiger partial charge is 0.316 e. The average Bonchev–Trinajstić information content (AvgIpc) is 2.99. The van der Waals surface area contributed by atoms with Crippen LogP contribution in [0.5, 0.6) is 0 Å². The third-order valence-corrected chi connectivity index (χ3v) is 4.21. The van der Waals surface area contributed by atoms with Crippen molar-refractivity contribution >= 4 is 0 Å². The Morgan fingerprint density at radius 2 is 2.16 bits per heavy atom. The molecule has 1 saturated heterocycles. The molecule has 1 aliphatic heterocycles. The summed E-state index contributed by atoms with van der Waals surface area (Å²) in [6.45, 7) is 4.35. The first-order chi connectivity index (χ1) is 9.36. The molecule has 1 N–H and O–H groups in total. The number of rotatable bonds is 3. The number of aromatic nitrogens is 3. The molecule has 100 valence electrons. The summed E-state index contributed by atoms with van der Waals surface area (Å²) in [6.07, 6.45) is 5.31. The van der Waals surface area contributed by atoms with Crippen molar-refractivity contribution < 1.29 is 0 Å². The molecule has 0 spiro atoms. The zero-order chi connectivity index (χ0) is 13.1. The molecule has 0 aliphatic carbocycles. The van der Waals surface area contributed by atoms with Gasteiger partial charge in [0.2, 0.25) is 0 Å². The maximum absolute atomic E-state index is 4.43. The van der Waals surface area contributed by atoms with E-state index in [-0.39, 0.29) is 5.41 Å². The average molecular weight is 256 g/mol. The van der Waals surface area contributed by atoms with E-state index in [1.807, 2.05) is 12.4 Å². The monoisotopic (exact) mass is 256 g/mol. The Kier molecular flexibility index (Phi) is 3.34. The molecule has 0 saturated carbocycles. The molecular weight excluding hydrogens is 236 g/mol. The summed E-state index contributed by atoms with van der Waals surface area (Å²) >= 11 is 0. The van der Waals surface area contributed by atoms with E-state index in [1.54, 1.807) is 0 Å². The second-order valence-corrected chi connectivity index (χ2v) is 5.27. The van der Waals surface area contributed by atoms with Crippen LogP contribution in [0.2, 0.25) is 0 Å². The molecule has 2 heterocycles. The molecule has 0 radical (unpaired) electrons. The van der Waals surface area contributed by atoms with Crippen molar-refractivity contribution in [3.05, 3.63) is 42.5 Å². The number of piperidine rings is 1. The van der Waals surface area contributed by atoms with Gasteiger partial charge in [0.05, 0.1) is 0 Å². The first-order valence-electron chi connectivity index (χ1n) is 7.02. The van der Waals surface area contributed by atoms with Crippen LogP contribution in [0, 0.1) is 0 Å². The fraction of sp³-hybridized carbons (Fsp3) is 0.467. The SMILES string of the molecule is CCC1(c2nncn2-c2ccccc2)CCCNC1. The van der Waals surface area contributed by atoms with Gasteiger partial charge in [-0.2, -0.15) is 0 Å². The van der Waals surface area contributed by atoms with Crippen LogP contribution in [0.15, 0.2) is 36.7 Å². The first kappa shape index (κ1) is 12.4. The van der Waals surface area contributed by atoms with E-state index < -0.39 is 0 Å². The predicted molar refractivity (Wildman–Crippen MR) is 75.4 cm³/mol. The molecule has 1 aromatic carbocycles. The summed E-state index contributed by atoms with van der Waals surface area (Å²) in [7, 11) is 0. The molecule has 0 bridgehead atoms. The lowest BCUT2D eigenvalue weighted by atomic mass is 9.77. The summed E-state index contributed by atoms with van der Waals surface area (Å²) in [4.78, 5) is 0. The molecule has 1 aliphatic rings. The molecule has 1 atom stereocenters. The van der Waals surface area contributed by atoms with Gasteiger partial charge in [0, 0.05) is 17.6 Å². The zero-order valence-electron chi connectivity index (χ0n) is 11.3. The van der Waals surface area contributed by atoms with Gasteiger partial charge in [-0.15, -0.1) is 10.2 Å². The first-order valence-corrected chi connectivity index (χ1v) is 7.02. The Morgan fingerprint density at radius 3 is 2.84 bits per heavy atom. The van der Waals surface area contributed by atoms with Gasteiger partial charge in [0.15, 0.2) is 0 Å². The molecule has 19 heavy (non-hydrogen) atoms. The van der Waals surface area contributed by atoms with Crippen molar-refractivity contribution in [2.75, 3.05) is 13.1 Å². The molecule has 3 rings (SSSR count). The van der Waals surface area contributed by atoms with Gasteiger partial charge >= 0.3 is 0 Å². The Labute approximate surface area is 113 Å². The van der Waals surface area contributed by atoms with Crippen molar-refractivity contribution in [1.82, 2.24) is 20.1 Å². The minimum absolute atomic E-state index is 0.116. The van der Waals surface area contributed by atoms with Crippen LogP contribution in [0.25, 0.3) is 5.69 Å². The van der Waals surface area contributed by atoms with E-state index in [9.17, 15) is 0 Å². The summed E-state index contributed by atoms with van der Waals surface area (Å²) in [5, 5.41) is 12.1. The van der Waals surface area contributed by atoms with Crippen LogP contribution in [-0.2, 0) is 5.41 Å². The van der Waals surface area contributed by atoms with Gasteiger partial charge < -0.3 is 5.32 Å². The van der Waals surface area contributed by atoms with Crippen LogP contribution < -0.4 is 5.32 Å². The van der Waals surface area contributed by atoms with Crippen LogP contribution in [-0.4, -0.2) is 27.9 Å². The summed E-state index contributed by atoms with van der Waals surface area (Å²) in [5.74, 6) is 1.09. The van der Waals surface area contributed by atoms with Gasteiger partial charge in [0.1, 0.15) is 12.2 Å². The normalized spacial score (nSPS) is 23.4. The third-order valence-electron chi connectivity index (χ3n) is 4.21. The van der Waals surface area contributed by atoms with Gasteiger partial charge in [-0.05, 0) is 37.9 Å². The Morgan fingerprint density at radius 1 is 1.32 bits per heavy atom. The second kappa shape index (κ2) is 5.13. The number of hydrogen-bond acceptors (Lipinski definition) is 3. The molecular formula is C15H20N4. The van der Waals surface area contributed by atoms with E-state index >= 15 is 0 Å². The maximum Gasteiger partial charge on any atom is 0.144 e. The van der Waals surface area contributed by atoms with Crippen molar-refractivity contribution in [2.24, 2.45) is 0 Å². The van der Waals surface area contributed by atoms with Crippen molar-refractivity contribution in [3.8, 4) is 5.69 Å². The minimum Gasteiger partial charge on any atom is -0.316 e. The molecule has 4 heteroatoms. The standard InChI is InChI=1S/C15H20N4/c1-2-15(9-6-10-16-11-15)14-18-17-12-19(14)13-7-4-3-5-8-13/h3-5,7-8,12,16H,2,6,9-11H2,1H3. The Bertz CT molecular complexity index is 526. The van der Waals surface area contributed by atoms with Crippen LogP contribution >= 0.6 is 0 Å². The molecule has 1 fully saturated rings.